The van der Waals surface area contributed by atoms with Gasteiger partial charge in [0, 0.05) is 19.7 Å². The molecule has 0 saturated heterocycles. The van der Waals surface area contributed by atoms with E-state index in [9.17, 15) is 0 Å². The summed E-state index contributed by atoms with van der Waals surface area (Å²) in [7, 11) is 3.89. The average Bonchev–Trinajstić information content (AvgIpc) is 2.38. The van der Waals surface area contributed by atoms with Gasteiger partial charge in [-0.15, -0.1) is 0 Å². The highest BCUT2D eigenvalue weighted by atomic mass is 14.9. The highest BCUT2D eigenvalue weighted by Gasteiger charge is 2.07. The molecule has 0 aliphatic carbocycles. The van der Waals surface area contributed by atoms with Crippen molar-refractivity contribution in [2.24, 2.45) is 0 Å². The molecule has 2 N–H and O–H groups in total. The zero-order valence-corrected chi connectivity index (χ0v) is 10.5. The van der Waals surface area contributed by atoms with E-state index in [1.165, 1.54) is 16.7 Å². The third-order valence-corrected chi connectivity index (χ3v) is 2.95. The first-order valence-corrected chi connectivity index (χ1v) is 5.82. The van der Waals surface area contributed by atoms with Crippen LogP contribution in [0.25, 0.3) is 11.1 Å². The Balaban J connectivity index is 2.54. The van der Waals surface area contributed by atoms with Gasteiger partial charge in [0.2, 0.25) is 0 Å². The van der Waals surface area contributed by atoms with Crippen molar-refractivity contribution in [1.29, 1.82) is 0 Å². The van der Waals surface area contributed by atoms with Crippen LogP contribution in [0.2, 0.25) is 0 Å². The fraction of sp³-hybridized carbons (Fsp3) is 0.200. The summed E-state index contributed by atoms with van der Waals surface area (Å²) in [6.45, 7) is 2.10. The van der Waals surface area contributed by atoms with Crippen LogP contribution >= 0.6 is 0 Å². The number of hydrogen-bond acceptors (Lipinski definition) is 2. The third-order valence-electron chi connectivity index (χ3n) is 2.95. The van der Waals surface area contributed by atoms with Gasteiger partial charge in [-0.25, -0.2) is 0 Å². The number of anilines is 2. The second-order valence-corrected chi connectivity index (χ2v) is 4.09. The van der Waals surface area contributed by atoms with Crippen LogP contribution in [-0.2, 0) is 0 Å². The molecule has 17 heavy (non-hydrogen) atoms. The first-order valence-electron chi connectivity index (χ1n) is 5.82. The molecule has 0 radical (unpaired) electrons. The van der Waals surface area contributed by atoms with Gasteiger partial charge in [0.25, 0.3) is 0 Å². The van der Waals surface area contributed by atoms with Crippen LogP contribution < -0.4 is 10.6 Å². The smallest absolute Gasteiger partial charge is 0.0652 e. The first-order chi connectivity index (χ1) is 8.26. The summed E-state index contributed by atoms with van der Waals surface area (Å²) in [5.41, 5.74) is 5.99. The molecule has 2 rings (SSSR count). The zero-order valence-electron chi connectivity index (χ0n) is 10.5. The van der Waals surface area contributed by atoms with Crippen LogP contribution in [-0.4, -0.2) is 14.1 Å². The molecule has 0 fully saturated rings. The van der Waals surface area contributed by atoms with Crippen molar-refractivity contribution in [3.63, 3.8) is 0 Å². The normalized spacial score (nSPS) is 10.1. The molecular weight excluding hydrogens is 208 g/mol. The SMILES string of the molecule is CNc1cccc(-c2ccc(C)cc2)c1NC. The third kappa shape index (κ3) is 2.26. The number of nitrogens with one attached hydrogen (secondary N) is 2. The maximum atomic E-state index is 3.27. The minimum absolute atomic E-state index is 1.12. The quantitative estimate of drug-likeness (QED) is 0.833. The van der Waals surface area contributed by atoms with Crippen LogP contribution in [0.3, 0.4) is 0 Å². The van der Waals surface area contributed by atoms with E-state index in [1.807, 2.05) is 14.1 Å². The Bertz CT molecular complexity index is 501. The molecule has 0 aromatic heterocycles. The van der Waals surface area contributed by atoms with E-state index in [2.05, 4.69) is 60.0 Å². The number of rotatable bonds is 3. The summed E-state index contributed by atoms with van der Waals surface area (Å²) in [6.07, 6.45) is 0. The fourth-order valence-electron chi connectivity index (χ4n) is 2.00. The minimum atomic E-state index is 1.12. The molecule has 0 heterocycles. The number of benzene rings is 2. The van der Waals surface area contributed by atoms with Crippen molar-refractivity contribution in [2.45, 2.75) is 6.92 Å². The van der Waals surface area contributed by atoms with Gasteiger partial charge in [-0.2, -0.15) is 0 Å². The number of para-hydroxylation sites is 1. The topological polar surface area (TPSA) is 24.1 Å². The summed E-state index contributed by atoms with van der Waals surface area (Å²) >= 11 is 0. The van der Waals surface area contributed by atoms with Crippen molar-refractivity contribution < 1.29 is 0 Å². The predicted molar refractivity (Wildman–Crippen MR) is 75.7 cm³/mol. The van der Waals surface area contributed by atoms with Gasteiger partial charge in [0.15, 0.2) is 0 Å². The molecular formula is C15H18N2. The van der Waals surface area contributed by atoms with Gasteiger partial charge in [-0.05, 0) is 18.6 Å². The van der Waals surface area contributed by atoms with Crippen molar-refractivity contribution in [1.82, 2.24) is 0 Å². The number of hydrogen-bond donors (Lipinski definition) is 2. The Morgan fingerprint density at radius 3 is 2.12 bits per heavy atom. The van der Waals surface area contributed by atoms with E-state index in [0.717, 1.165) is 11.4 Å². The highest BCUT2D eigenvalue weighted by molar-refractivity contribution is 5.87. The maximum absolute atomic E-state index is 3.27. The lowest BCUT2D eigenvalue weighted by Gasteiger charge is -2.14. The number of aryl methyl sites for hydroxylation is 1. The van der Waals surface area contributed by atoms with E-state index in [4.69, 9.17) is 0 Å². The van der Waals surface area contributed by atoms with E-state index in [1.54, 1.807) is 0 Å². The lowest BCUT2D eigenvalue weighted by molar-refractivity contribution is 1.43. The molecule has 0 aliphatic rings. The molecule has 0 atom stereocenters. The van der Waals surface area contributed by atoms with Gasteiger partial charge in [-0.1, -0.05) is 42.0 Å². The molecule has 2 aromatic carbocycles. The molecule has 2 heteroatoms. The fourth-order valence-corrected chi connectivity index (χ4v) is 2.00. The molecule has 0 saturated carbocycles. The average molecular weight is 226 g/mol. The Morgan fingerprint density at radius 1 is 0.824 bits per heavy atom. The molecule has 0 spiro atoms. The van der Waals surface area contributed by atoms with Crippen molar-refractivity contribution in [2.75, 3.05) is 24.7 Å². The first kappa shape index (κ1) is 11.5. The van der Waals surface area contributed by atoms with E-state index in [0.29, 0.717) is 0 Å². The molecule has 0 unspecified atom stereocenters. The highest BCUT2D eigenvalue weighted by Crippen LogP contribution is 2.33. The second-order valence-electron chi connectivity index (χ2n) is 4.09. The van der Waals surface area contributed by atoms with Gasteiger partial charge < -0.3 is 10.6 Å². The van der Waals surface area contributed by atoms with Crippen molar-refractivity contribution >= 4 is 11.4 Å². The Kier molecular flexibility index (Phi) is 3.33. The Labute approximate surface area is 103 Å². The van der Waals surface area contributed by atoms with Crippen LogP contribution in [0.15, 0.2) is 42.5 Å². The zero-order chi connectivity index (χ0) is 12.3. The lowest BCUT2D eigenvalue weighted by atomic mass is 10.0. The van der Waals surface area contributed by atoms with Crippen molar-refractivity contribution in [3.8, 4) is 11.1 Å². The van der Waals surface area contributed by atoms with Gasteiger partial charge in [0.05, 0.1) is 11.4 Å². The van der Waals surface area contributed by atoms with Crippen LogP contribution in [0.1, 0.15) is 5.56 Å². The second kappa shape index (κ2) is 4.91. The summed E-state index contributed by atoms with van der Waals surface area (Å²) < 4.78 is 0. The summed E-state index contributed by atoms with van der Waals surface area (Å²) in [4.78, 5) is 0. The maximum Gasteiger partial charge on any atom is 0.0652 e. The van der Waals surface area contributed by atoms with Gasteiger partial charge in [0.1, 0.15) is 0 Å². The standard InChI is InChI=1S/C15H18N2/c1-11-7-9-12(10-8-11)13-5-4-6-14(16-2)15(13)17-3/h4-10,16-17H,1-3H3. The molecule has 0 aliphatic heterocycles. The Hall–Kier alpha value is -1.96. The van der Waals surface area contributed by atoms with E-state index in [-0.39, 0.29) is 0 Å². The summed E-state index contributed by atoms with van der Waals surface area (Å²) in [6, 6.07) is 14.9. The van der Waals surface area contributed by atoms with Crippen LogP contribution in [0.5, 0.6) is 0 Å². The predicted octanol–water partition coefficient (Wildman–Crippen LogP) is 3.75. The van der Waals surface area contributed by atoms with Crippen molar-refractivity contribution in [3.05, 3.63) is 48.0 Å². The van der Waals surface area contributed by atoms with Gasteiger partial charge in [-0.3, -0.25) is 0 Å². The van der Waals surface area contributed by atoms with Gasteiger partial charge >= 0.3 is 0 Å². The summed E-state index contributed by atoms with van der Waals surface area (Å²) in [5.74, 6) is 0. The van der Waals surface area contributed by atoms with E-state index < -0.39 is 0 Å². The lowest BCUT2D eigenvalue weighted by Crippen LogP contribution is -1.98. The van der Waals surface area contributed by atoms with Crippen LogP contribution in [0, 0.1) is 6.92 Å². The van der Waals surface area contributed by atoms with Crippen LogP contribution in [0.4, 0.5) is 11.4 Å². The molecule has 0 bridgehead atoms. The monoisotopic (exact) mass is 226 g/mol. The van der Waals surface area contributed by atoms with E-state index >= 15 is 0 Å². The largest absolute Gasteiger partial charge is 0.386 e. The molecule has 2 nitrogen and oxygen atoms in total. The summed E-state index contributed by atoms with van der Waals surface area (Å²) in [5, 5.41) is 6.47. The minimum Gasteiger partial charge on any atom is -0.386 e. The molecule has 0 amide bonds. The molecule has 88 valence electrons. The molecule has 2 aromatic rings. The Morgan fingerprint density at radius 2 is 1.53 bits per heavy atom.